The van der Waals surface area contributed by atoms with Gasteiger partial charge >= 0.3 is 5.97 Å². The summed E-state index contributed by atoms with van der Waals surface area (Å²) in [6.07, 6.45) is 1.38. The molecule has 0 radical (unpaired) electrons. The molecule has 3 nitrogen and oxygen atoms in total. The highest BCUT2D eigenvalue weighted by Crippen LogP contribution is 2.39. The van der Waals surface area contributed by atoms with Crippen LogP contribution in [-0.2, 0) is 0 Å². The van der Waals surface area contributed by atoms with E-state index in [1.807, 2.05) is 0 Å². The average molecular weight is 482 g/mol. The molecular weight excluding hydrogens is 475 g/mol. The summed E-state index contributed by atoms with van der Waals surface area (Å²) in [4.78, 5) is 16.1. The highest BCUT2D eigenvalue weighted by atomic mass is 35.5. The number of benzene rings is 2. The highest BCUT2D eigenvalue weighted by molar-refractivity contribution is 6.44. The van der Waals surface area contributed by atoms with Gasteiger partial charge in [-0.3, -0.25) is 4.98 Å². The molecule has 0 aliphatic carbocycles. The Morgan fingerprint density at radius 1 is 0.667 bits per heavy atom. The molecule has 9 heteroatoms. The van der Waals surface area contributed by atoms with Crippen LogP contribution in [0.2, 0.25) is 30.1 Å². The summed E-state index contributed by atoms with van der Waals surface area (Å²) in [7, 11) is 0. The zero-order valence-corrected chi connectivity index (χ0v) is 17.6. The van der Waals surface area contributed by atoms with Gasteiger partial charge in [-0.2, -0.15) is 0 Å². The summed E-state index contributed by atoms with van der Waals surface area (Å²) < 4.78 is 0. The maximum atomic E-state index is 11.8. The number of carboxylic acids is 1. The maximum absolute atomic E-state index is 11.8. The molecule has 0 spiro atoms. The van der Waals surface area contributed by atoms with Crippen molar-refractivity contribution in [1.29, 1.82) is 0 Å². The molecule has 0 unspecified atom stereocenters. The van der Waals surface area contributed by atoms with Crippen molar-refractivity contribution in [2.75, 3.05) is 0 Å². The Hall–Kier alpha value is -1.20. The summed E-state index contributed by atoms with van der Waals surface area (Å²) in [6, 6.07) is 7.29. The van der Waals surface area contributed by atoms with Crippen LogP contribution in [0.1, 0.15) is 10.4 Å². The molecule has 0 fully saturated rings. The summed E-state index contributed by atoms with van der Waals surface area (Å²) in [5, 5.41) is 11.3. The van der Waals surface area contributed by atoms with Crippen molar-refractivity contribution in [3.8, 4) is 22.4 Å². The van der Waals surface area contributed by atoms with Crippen molar-refractivity contribution in [3.63, 3.8) is 0 Å². The first-order valence-electron chi connectivity index (χ1n) is 7.22. The largest absolute Gasteiger partial charge is 0.478 e. The minimum absolute atomic E-state index is 0.0394. The van der Waals surface area contributed by atoms with Gasteiger partial charge in [-0.1, -0.05) is 69.6 Å². The molecular formula is C18H7Cl6NO2. The Morgan fingerprint density at radius 3 is 1.70 bits per heavy atom. The van der Waals surface area contributed by atoms with E-state index in [4.69, 9.17) is 69.6 Å². The molecule has 0 saturated carbocycles. The van der Waals surface area contributed by atoms with Gasteiger partial charge in [0.1, 0.15) is 0 Å². The topological polar surface area (TPSA) is 50.2 Å². The number of rotatable bonds is 3. The standard InChI is InChI=1S/C18H7Cl6NO2/c19-11-4-15(23)13(21)1-7(11)10-6-25-17(3-8(10)18(26)27)9-2-14(22)16(24)5-12(9)20/h1-6H,(H,26,27). The van der Waals surface area contributed by atoms with Crippen LogP contribution in [0.15, 0.2) is 36.5 Å². The fourth-order valence-electron chi connectivity index (χ4n) is 2.44. The van der Waals surface area contributed by atoms with Crippen LogP contribution < -0.4 is 0 Å². The zero-order valence-electron chi connectivity index (χ0n) is 13.0. The van der Waals surface area contributed by atoms with E-state index in [-0.39, 0.29) is 41.3 Å². The molecule has 3 aromatic rings. The van der Waals surface area contributed by atoms with Gasteiger partial charge in [0.2, 0.25) is 0 Å². The van der Waals surface area contributed by atoms with E-state index >= 15 is 0 Å². The molecule has 0 aliphatic heterocycles. The normalized spacial score (nSPS) is 10.9. The molecule has 1 aromatic heterocycles. The number of carbonyl (C=O) groups is 1. The lowest BCUT2D eigenvalue weighted by atomic mass is 9.99. The Bertz CT molecular complexity index is 1080. The first-order valence-corrected chi connectivity index (χ1v) is 9.49. The van der Waals surface area contributed by atoms with Gasteiger partial charge in [0, 0.05) is 22.9 Å². The molecule has 0 amide bonds. The van der Waals surface area contributed by atoms with Crippen LogP contribution in [0.4, 0.5) is 0 Å². The number of pyridine rings is 1. The van der Waals surface area contributed by atoms with E-state index < -0.39 is 5.97 Å². The number of aromatic carboxylic acids is 1. The van der Waals surface area contributed by atoms with Crippen molar-refractivity contribution in [1.82, 2.24) is 4.98 Å². The summed E-state index contributed by atoms with van der Waals surface area (Å²) in [5.41, 5.74) is 1.40. The minimum atomic E-state index is -1.17. The monoisotopic (exact) mass is 479 g/mol. The summed E-state index contributed by atoms with van der Waals surface area (Å²) in [5.74, 6) is -1.17. The molecule has 0 saturated heterocycles. The van der Waals surface area contributed by atoms with Crippen molar-refractivity contribution in [2.24, 2.45) is 0 Å². The molecule has 2 aromatic carbocycles. The number of carboxylic acid groups (broad SMARTS) is 1. The van der Waals surface area contributed by atoms with Crippen molar-refractivity contribution < 1.29 is 9.90 Å². The maximum Gasteiger partial charge on any atom is 0.336 e. The number of halogens is 6. The third-order valence-electron chi connectivity index (χ3n) is 3.72. The SMILES string of the molecule is O=C(O)c1cc(-c2cc(Cl)c(Cl)cc2Cl)ncc1-c1cc(Cl)c(Cl)cc1Cl. The molecule has 0 bridgehead atoms. The first-order chi connectivity index (χ1) is 12.7. The predicted octanol–water partition coefficient (Wildman–Crippen LogP) is 8.03. The fourth-order valence-corrected chi connectivity index (χ4v) is 3.73. The van der Waals surface area contributed by atoms with E-state index in [0.29, 0.717) is 16.8 Å². The zero-order chi connectivity index (χ0) is 19.9. The lowest BCUT2D eigenvalue weighted by molar-refractivity contribution is 0.0697. The van der Waals surface area contributed by atoms with E-state index in [9.17, 15) is 9.90 Å². The highest BCUT2D eigenvalue weighted by Gasteiger charge is 2.19. The van der Waals surface area contributed by atoms with Gasteiger partial charge in [0.05, 0.1) is 41.4 Å². The number of nitrogens with zero attached hydrogens (tertiary/aromatic N) is 1. The van der Waals surface area contributed by atoms with Crippen molar-refractivity contribution >= 4 is 75.6 Å². The van der Waals surface area contributed by atoms with Gasteiger partial charge in [-0.05, 0) is 30.3 Å². The number of hydrogen-bond donors (Lipinski definition) is 1. The van der Waals surface area contributed by atoms with Crippen molar-refractivity contribution in [2.45, 2.75) is 0 Å². The van der Waals surface area contributed by atoms with Crippen LogP contribution in [0.3, 0.4) is 0 Å². The van der Waals surface area contributed by atoms with E-state index in [0.717, 1.165) is 0 Å². The third kappa shape index (κ3) is 4.14. The van der Waals surface area contributed by atoms with Gasteiger partial charge in [-0.15, -0.1) is 0 Å². The van der Waals surface area contributed by atoms with Crippen LogP contribution in [0.5, 0.6) is 0 Å². The molecule has 1 heterocycles. The smallest absolute Gasteiger partial charge is 0.336 e. The second-order valence-electron chi connectivity index (χ2n) is 5.41. The molecule has 138 valence electrons. The van der Waals surface area contributed by atoms with Gasteiger partial charge < -0.3 is 5.11 Å². The number of aromatic nitrogens is 1. The Balaban J connectivity index is 2.22. The average Bonchev–Trinajstić information content (AvgIpc) is 2.61. The van der Waals surface area contributed by atoms with Crippen LogP contribution in [0.25, 0.3) is 22.4 Å². The first kappa shape index (κ1) is 20.5. The Morgan fingerprint density at radius 2 is 1.15 bits per heavy atom. The fraction of sp³-hybridized carbons (Fsp3) is 0. The predicted molar refractivity (Wildman–Crippen MR) is 112 cm³/mol. The van der Waals surface area contributed by atoms with Gasteiger partial charge in [-0.25, -0.2) is 4.79 Å². The minimum Gasteiger partial charge on any atom is -0.478 e. The summed E-state index contributed by atoms with van der Waals surface area (Å²) in [6.45, 7) is 0. The lowest BCUT2D eigenvalue weighted by Crippen LogP contribution is -2.02. The lowest BCUT2D eigenvalue weighted by Gasteiger charge is -2.12. The Kier molecular flexibility index (Phi) is 6.11. The number of hydrogen-bond acceptors (Lipinski definition) is 2. The molecule has 0 atom stereocenters. The van der Waals surface area contributed by atoms with Crippen LogP contribution in [-0.4, -0.2) is 16.1 Å². The van der Waals surface area contributed by atoms with E-state index in [1.54, 1.807) is 0 Å². The van der Waals surface area contributed by atoms with Gasteiger partial charge in [0.15, 0.2) is 0 Å². The van der Waals surface area contributed by atoms with Crippen LogP contribution >= 0.6 is 69.6 Å². The molecule has 3 rings (SSSR count). The van der Waals surface area contributed by atoms with E-state index in [1.165, 1.54) is 36.5 Å². The molecule has 1 N–H and O–H groups in total. The summed E-state index contributed by atoms with van der Waals surface area (Å²) >= 11 is 36.4. The Labute approximate surface area is 184 Å². The second-order valence-corrected chi connectivity index (χ2v) is 7.86. The van der Waals surface area contributed by atoms with Crippen LogP contribution in [0, 0.1) is 0 Å². The van der Waals surface area contributed by atoms with Crippen molar-refractivity contribution in [3.05, 3.63) is 72.2 Å². The second kappa shape index (κ2) is 8.04. The van der Waals surface area contributed by atoms with Gasteiger partial charge in [0.25, 0.3) is 0 Å². The van der Waals surface area contributed by atoms with E-state index in [2.05, 4.69) is 4.98 Å². The molecule has 0 aliphatic rings. The third-order valence-corrected chi connectivity index (χ3v) is 5.79. The quantitative estimate of drug-likeness (QED) is 0.385. The molecule has 27 heavy (non-hydrogen) atoms.